The Labute approximate surface area is 181 Å². The molecule has 7 nitrogen and oxygen atoms in total. The lowest BCUT2D eigenvalue weighted by molar-refractivity contribution is -0.228. The summed E-state index contributed by atoms with van der Waals surface area (Å²) in [4.78, 5) is 4.07. The quantitative estimate of drug-likeness (QED) is 0.470. The molecule has 0 bridgehead atoms. The lowest BCUT2D eigenvalue weighted by Gasteiger charge is -2.49. The fourth-order valence-electron chi connectivity index (χ4n) is 4.29. The maximum atomic E-state index is 6.04. The summed E-state index contributed by atoms with van der Waals surface area (Å²) in [5.41, 5.74) is 0. The van der Waals surface area contributed by atoms with Crippen molar-refractivity contribution in [3.8, 4) is 0 Å². The van der Waals surface area contributed by atoms with Crippen molar-refractivity contribution < 1.29 is 18.9 Å². The molecule has 4 aliphatic rings. The van der Waals surface area contributed by atoms with Crippen LogP contribution in [0.1, 0.15) is 12.8 Å². The van der Waals surface area contributed by atoms with Crippen LogP contribution in [-0.2, 0) is 18.9 Å². The van der Waals surface area contributed by atoms with Gasteiger partial charge in [-0.3, -0.25) is 0 Å². The minimum absolute atomic E-state index is 0.220. The number of thiocarbonyl (C=S) groups is 2. The summed E-state index contributed by atoms with van der Waals surface area (Å²) in [6.07, 6.45) is 1.38. The number of rotatable bonds is 2. The van der Waals surface area contributed by atoms with Crippen LogP contribution >= 0.6 is 49.7 Å². The molecule has 0 aromatic heterocycles. The van der Waals surface area contributed by atoms with Gasteiger partial charge in [-0.2, -0.15) is 0 Å². The number of likely N-dealkylation sites (tertiary alicyclic amines) is 2. The Hall–Kier alpha value is 0.280. The Morgan fingerprint density at radius 2 is 1.15 bits per heavy atom. The van der Waals surface area contributed by atoms with E-state index in [0.717, 1.165) is 13.1 Å². The first-order valence-corrected chi connectivity index (χ1v) is 10.9. The van der Waals surface area contributed by atoms with Gasteiger partial charge >= 0.3 is 0 Å². The largest absolute Gasteiger partial charge is 0.356 e. The number of piperidine rings is 2. The van der Waals surface area contributed by atoms with Crippen molar-refractivity contribution in [2.24, 2.45) is 0 Å². The molecule has 151 valence electrons. The average Bonchev–Trinajstić information content (AvgIpc) is 3.29. The van der Waals surface area contributed by atoms with Gasteiger partial charge < -0.3 is 28.7 Å². The van der Waals surface area contributed by atoms with Crippen molar-refractivity contribution in [1.82, 2.24) is 15.1 Å². The summed E-state index contributed by atoms with van der Waals surface area (Å²) in [6, 6.07) is -0.441. The van der Waals surface area contributed by atoms with E-state index >= 15 is 0 Å². The maximum absolute atomic E-state index is 6.04. The van der Waals surface area contributed by atoms with Gasteiger partial charge in [0.2, 0.25) is 0 Å². The fraction of sp³-hybridized carbons (Fsp3) is 0.875. The molecular weight excluding hydrogens is 426 g/mol. The minimum atomic E-state index is -0.710. The first-order valence-electron chi connectivity index (χ1n) is 9.16. The molecule has 0 aromatic carbocycles. The lowest BCUT2D eigenvalue weighted by Crippen LogP contribution is -2.67. The minimum Gasteiger partial charge on any atom is -0.356 e. The van der Waals surface area contributed by atoms with E-state index in [1.807, 2.05) is 9.80 Å². The second-order valence-electron chi connectivity index (χ2n) is 7.16. The SMILES string of the molecule is S=C(S)N1CCC2(OCCO2)C([N]C2CN(C(=S)S)CCC23OCCO3)C1. The number of thiol groups is 2. The predicted molar refractivity (Wildman–Crippen MR) is 115 cm³/mol. The molecule has 0 aliphatic carbocycles. The Morgan fingerprint density at radius 1 is 0.778 bits per heavy atom. The van der Waals surface area contributed by atoms with Crippen LogP contribution in [0.4, 0.5) is 0 Å². The summed E-state index contributed by atoms with van der Waals surface area (Å²) in [7, 11) is 0. The molecule has 0 amide bonds. The van der Waals surface area contributed by atoms with E-state index in [0.29, 0.717) is 61.0 Å². The highest BCUT2D eigenvalue weighted by molar-refractivity contribution is 8.11. The highest BCUT2D eigenvalue weighted by atomic mass is 32.1. The molecule has 2 atom stereocenters. The molecule has 1 radical (unpaired) electrons. The molecule has 2 unspecified atom stereocenters. The second-order valence-corrected chi connectivity index (χ2v) is 9.38. The summed E-state index contributed by atoms with van der Waals surface area (Å²) in [5, 5.41) is 5.16. The van der Waals surface area contributed by atoms with Gasteiger partial charge in [0.15, 0.2) is 11.6 Å². The van der Waals surface area contributed by atoms with Crippen molar-refractivity contribution in [3.63, 3.8) is 0 Å². The zero-order valence-corrected chi connectivity index (χ0v) is 18.3. The molecule has 0 saturated carbocycles. The van der Waals surface area contributed by atoms with E-state index in [4.69, 9.17) is 48.7 Å². The average molecular weight is 451 g/mol. The van der Waals surface area contributed by atoms with Crippen LogP contribution in [0.3, 0.4) is 0 Å². The third-order valence-electron chi connectivity index (χ3n) is 5.72. The van der Waals surface area contributed by atoms with Gasteiger partial charge in [0.25, 0.3) is 0 Å². The van der Waals surface area contributed by atoms with Crippen LogP contribution in [-0.4, -0.2) is 94.7 Å². The maximum Gasteiger partial charge on any atom is 0.188 e. The van der Waals surface area contributed by atoms with Crippen LogP contribution in [0.5, 0.6) is 0 Å². The zero-order valence-electron chi connectivity index (χ0n) is 14.9. The van der Waals surface area contributed by atoms with Crippen molar-refractivity contribution in [2.45, 2.75) is 36.5 Å². The molecule has 2 spiro atoms. The normalized spacial score (nSPS) is 32.4. The molecule has 4 aliphatic heterocycles. The smallest absolute Gasteiger partial charge is 0.188 e. The third kappa shape index (κ3) is 3.99. The van der Waals surface area contributed by atoms with Crippen LogP contribution < -0.4 is 5.32 Å². The van der Waals surface area contributed by atoms with Crippen molar-refractivity contribution in [2.75, 3.05) is 52.6 Å². The summed E-state index contributed by atoms with van der Waals surface area (Å²) in [6.45, 7) is 4.98. The third-order valence-corrected chi connectivity index (χ3v) is 6.80. The predicted octanol–water partition coefficient (Wildman–Crippen LogP) is 0.655. The van der Waals surface area contributed by atoms with Crippen molar-refractivity contribution >= 4 is 58.3 Å². The van der Waals surface area contributed by atoms with E-state index < -0.39 is 11.6 Å². The van der Waals surface area contributed by atoms with Gasteiger partial charge in [-0.1, -0.05) is 24.4 Å². The first-order chi connectivity index (χ1) is 12.9. The van der Waals surface area contributed by atoms with Gasteiger partial charge in [-0.05, 0) is 0 Å². The van der Waals surface area contributed by atoms with Crippen LogP contribution in [0.25, 0.3) is 0 Å². The summed E-state index contributed by atoms with van der Waals surface area (Å²) in [5.74, 6) is -1.42. The van der Waals surface area contributed by atoms with Crippen molar-refractivity contribution in [1.29, 1.82) is 0 Å². The van der Waals surface area contributed by atoms with E-state index in [1.54, 1.807) is 0 Å². The standard InChI is InChI=1S/C16H24N3O4S4/c24-13(25)18-3-1-15(20-5-6-21-15)11(9-18)17-12-10-19(14(26)27)4-2-16(12)22-7-8-23-16/h11-12H,1-10H2,(H,24,25)(H,26,27). The Kier molecular flexibility index (Phi) is 6.23. The second kappa shape index (κ2) is 8.19. The topological polar surface area (TPSA) is 57.5 Å². The van der Waals surface area contributed by atoms with E-state index in [1.165, 1.54) is 0 Å². The van der Waals surface area contributed by atoms with E-state index in [-0.39, 0.29) is 12.1 Å². The fourth-order valence-corrected chi connectivity index (χ4v) is 4.99. The lowest BCUT2D eigenvalue weighted by atomic mass is 9.92. The highest BCUT2D eigenvalue weighted by Gasteiger charge is 2.55. The van der Waals surface area contributed by atoms with E-state index in [2.05, 4.69) is 25.3 Å². The number of hydrogen-bond acceptors (Lipinski definition) is 6. The monoisotopic (exact) mass is 450 g/mol. The molecule has 11 heteroatoms. The number of nitrogens with zero attached hydrogens (tertiary/aromatic N) is 3. The summed E-state index contributed by atoms with van der Waals surface area (Å²) >= 11 is 19.2. The molecule has 4 saturated heterocycles. The van der Waals surface area contributed by atoms with Crippen molar-refractivity contribution in [3.05, 3.63) is 0 Å². The van der Waals surface area contributed by atoms with Crippen LogP contribution in [0.2, 0.25) is 0 Å². The number of hydrogen-bond donors (Lipinski definition) is 2. The van der Waals surface area contributed by atoms with Gasteiger partial charge in [-0.15, -0.1) is 25.3 Å². The van der Waals surface area contributed by atoms with Gasteiger partial charge in [0, 0.05) is 39.0 Å². The van der Waals surface area contributed by atoms with E-state index in [9.17, 15) is 0 Å². The summed E-state index contributed by atoms with van der Waals surface area (Å²) < 4.78 is 25.3. The first kappa shape index (κ1) is 20.5. The highest BCUT2D eigenvalue weighted by Crippen LogP contribution is 2.37. The van der Waals surface area contributed by atoms with Gasteiger partial charge in [0.1, 0.15) is 8.64 Å². The van der Waals surface area contributed by atoms with Crippen LogP contribution in [0, 0.1) is 0 Å². The molecule has 0 N–H and O–H groups in total. The Balaban J connectivity index is 1.57. The van der Waals surface area contributed by atoms with Crippen LogP contribution in [0.15, 0.2) is 0 Å². The Bertz CT molecular complexity index is 548. The molecule has 0 aromatic rings. The molecule has 4 rings (SSSR count). The zero-order chi connectivity index (χ0) is 19.1. The number of ether oxygens (including phenoxy) is 4. The Morgan fingerprint density at radius 3 is 1.48 bits per heavy atom. The molecular formula is C16H24N3O4S4. The van der Waals surface area contributed by atoms with Gasteiger partial charge in [-0.25, -0.2) is 5.32 Å². The molecule has 27 heavy (non-hydrogen) atoms. The molecule has 4 fully saturated rings. The van der Waals surface area contributed by atoms with Gasteiger partial charge in [0.05, 0.1) is 38.5 Å². The molecule has 4 heterocycles.